The van der Waals surface area contributed by atoms with E-state index in [9.17, 15) is 4.79 Å². The average molecular weight is 425 g/mol. The minimum Gasteiger partial charge on any atom is -0.455 e. The number of aromatic nitrogens is 1. The second-order valence-electron chi connectivity index (χ2n) is 9.33. The third-order valence-electron chi connectivity index (χ3n) is 6.73. The van der Waals surface area contributed by atoms with Crippen LogP contribution in [-0.2, 0) is 5.41 Å². The molecule has 32 heavy (non-hydrogen) atoms. The van der Waals surface area contributed by atoms with E-state index in [4.69, 9.17) is 4.42 Å². The topological polar surface area (TPSA) is 55.1 Å². The van der Waals surface area contributed by atoms with Gasteiger partial charge in [-0.05, 0) is 74.4 Å². The lowest BCUT2D eigenvalue weighted by molar-refractivity contribution is 0.605. The number of anilines is 1. The summed E-state index contributed by atoms with van der Waals surface area (Å²) < 4.78 is 6.43. The van der Waals surface area contributed by atoms with Crippen molar-refractivity contribution >= 4 is 16.7 Å². The lowest BCUT2D eigenvalue weighted by atomic mass is 9.95. The van der Waals surface area contributed by atoms with Crippen molar-refractivity contribution in [2.75, 3.05) is 5.32 Å². The second-order valence-corrected chi connectivity index (χ2v) is 9.33. The zero-order valence-corrected chi connectivity index (χ0v) is 19.0. The molecule has 1 unspecified atom stereocenters. The van der Waals surface area contributed by atoms with E-state index in [1.165, 1.54) is 18.4 Å². The van der Waals surface area contributed by atoms with Crippen molar-refractivity contribution in [1.29, 1.82) is 0 Å². The third-order valence-corrected chi connectivity index (χ3v) is 6.73. The number of pyridine rings is 1. The SMILES string of the molecule is Cc1cc(C(C)Nc2ccccc2C2(C)CC2)c2oc(-c3cccnc3)c(C)c(=O)c2c1. The molecule has 5 rings (SSSR count). The highest BCUT2D eigenvalue weighted by Crippen LogP contribution is 2.50. The van der Waals surface area contributed by atoms with Gasteiger partial charge in [0, 0.05) is 34.8 Å². The van der Waals surface area contributed by atoms with Crippen LogP contribution in [0.15, 0.2) is 70.1 Å². The fourth-order valence-electron chi connectivity index (χ4n) is 4.56. The molecule has 0 amide bonds. The first-order chi connectivity index (χ1) is 15.4. The van der Waals surface area contributed by atoms with Crippen molar-refractivity contribution in [1.82, 2.24) is 4.98 Å². The normalized spacial score (nSPS) is 15.5. The molecule has 1 saturated carbocycles. The van der Waals surface area contributed by atoms with Crippen molar-refractivity contribution in [3.8, 4) is 11.3 Å². The summed E-state index contributed by atoms with van der Waals surface area (Å²) in [5.74, 6) is 0.582. The molecular formula is C28H28N2O2. The predicted molar refractivity (Wildman–Crippen MR) is 130 cm³/mol. The van der Waals surface area contributed by atoms with Crippen molar-refractivity contribution in [3.05, 3.63) is 93.4 Å². The first-order valence-electron chi connectivity index (χ1n) is 11.2. The Morgan fingerprint density at radius 3 is 2.59 bits per heavy atom. The molecule has 2 heterocycles. The van der Waals surface area contributed by atoms with E-state index < -0.39 is 0 Å². The number of nitrogens with one attached hydrogen (secondary N) is 1. The largest absolute Gasteiger partial charge is 0.455 e. The number of fused-ring (bicyclic) bond motifs is 1. The van der Waals surface area contributed by atoms with Gasteiger partial charge in [-0.15, -0.1) is 0 Å². The Bertz CT molecular complexity index is 1370. The highest BCUT2D eigenvalue weighted by Gasteiger charge is 2.40. The summed E-state index contributed by atoms with van der Waals surface area (Å²) in [7, 11) is 0. The monoisotopic (exact) mass is 424 g/mol. The van der Waals surface area contributed by atoms with Crippen molar-refractivity contribution in [2.45, 2.75) is 52.0 Å². The molecule has 4 aromatic rings. The first-order valence-corrected chi connectivity index (χ1v) is 11.2. The van der Waals surface area contributed by atoms with Gasteiger partial charge in [-0.1, -0.05) is 31.2 Å². The fourth-order valence-corrected chi connectivity index (χ4v) is 4.56. The molecule has 2 aromatic heterocycles. The first kappa shape index (κ1) is 20.5. The molecule has 0 radical (unpaired) electrons. The average Bonchev–Trinajstić information content (AvgIpc) is 3.55. The molecular weight excluding hydrogens is 396 g/mol. The van der Waals surface area contributed by atoms with Gasteiger partial charge in [-0.25, -0.2) is 0 Å². The third kappa shape index (κ3) is 3.50. The number of hydrogen-bond donors (Lipinski definition) is 1. The summed E-state index contributed by atoms with van der Waals surface area (Å²) in [5.41, 5.74) is 6.86. The second kappa shape index (κ2) is 7.63. The van der Waals surface area contributed by atoms with Gasteiger partial charge in [0.1, 0.15) is 11.3 Å². The Balaban J connectivity index is 1.64. The number of para-hydroxylation sites is 1. The Labute approximate surface area is 188 Å². The molecule has 4 heteroatoms. The highest BCUT2D eigenvalue weighted by atomic mass is 16.3. The zero-order valence-electron chi connectivity index (χ0n) is 19.0. The highest BCUT2D eigenvalue weighted by molar-refractivity contribution is 5.84. The molecule has 2 aromatic carbocycles. The number of nitrogens with zero attached hydrogens (tertiary/aromatic N) is 1. The molecule has 1 aliphatic carbocycles. The maximum atomic E-state index is 13.3. The van der Waals surface area contributed by atoms with Gasteiger partial charge in [0.15, 0.2) is 5.43 Å². The minimum atomic E-state index is -0.0338. The lowest BCUT2D eigenvalue weighted by Gasteiger charge is -2.22. The molecule has 1 N–H and O–H groups in total. The Morgan fingerprint density at radius 1 is 1.09 bits per heavy atom. The summed E-state index contributed by atoms with van der Waals surface area (Å²) in [4.78, 5) is 17.5. The van der Waals surface area contributed by atoms with E-state index in [-0.39, 0.29) is 16.9 Å². The van der Waals surface area contributed by atoms with Crippen LogP contribution in [0, 0.1) is 13.8 Å². The molecule has 0 saturated heterocycles. The Kier molecular flexibility index (Phi) is 4.89. The number of benzene rings is 2. The number of rotatable bonds is 5. The number of aryl methyl sites for hydroxylation is 1. The molecule has 1 aliphatic rings. The van der Waals surface area contributed by atoms with Crippen LogP contribution in [0.25, 0.3) is 22.3 Å². The molecule has 162 valence electrons. The van der Waals surface area contributed by atoms with Crippen LogP contribution in [0.5, 0.6) is 0 Å². The molecule has 4 nitrogen and oxygen atoms in total. The predicted octanol–water partition coefficient (Wildman–Crippen LogP) is 6.70. The molecule has 0 bridgehead atoms. The van der Waals surface area contributed by atoms with Crippen LogP contribution in [0.1, 0.15) is 55.0 Å². The van der Waals surface area contributed by atoms with Gasteiger partial charge in [-0.2, -0.15) is 0 Å². The van der Waals surface area contributed by atoms with E-state index in [0.717, 1.165) is 22.4 Å². The number of hydrogen-bond acceptors (Lipinski definition) is 4. The smallest absolute Gasteiger partial charge is 0.196 e. The van der Waals surface area contributed by atoms with E-state index in [2.05, 4.69) is 54.5 Å². The van der Waals surface area contributed by atoms with Crippen LogP contribution in [0.2, 0.25) is 0 Å². The minimum absolute atomic E-state index is 0.00754. The van der Waals surface area contributed by atoms with Gasteiger partial charge >= 0.3 is 0 Å². The molecule has 0 aliphatic heterocycles. The van der Waals surface area contributed by atoms with E-state index in [0.29, 0.717) is 22.3 Å². The Hall–Kier alpha value is -3.40. The van der Waals surface area contributed by atoms with E-state index in [1.807, 2.05) is 32.0 Å². The maximum absolute atomic E-state index is 13.3. The van der Waals surface area contributed by atoms with Crippen LogP contribution < -0.4 is 10.7 Å². The fraction of sp³-hybridized carbons (Fsp3) is 0.286. The molecule has 0 spiro atoms. The van der Waals surface area contributed by atoms with Crippen molar-refractivity contribution < 1.29 is 4.42 Å². The zero-order chi connectivity index (χ0) is 22.5. The lowest BCUT2D eigenvalue weighted by Crippen LogP contribution is -2.14. The van der Waals surface area contributed by atoms with Gasteiger partial charge in [0.05, 0.1) is 11.4 Å². The summed E-state index contributed by atoms with van der Waals surface area (Å²) in [6.45, 7) is 8.30. The van der Waals surface area contributed by atoms with Crippen LogP contribution in [0.4, 0.5) is 5.69 Å². The van der Waals surface area contributed by atoms with Crippen molar-refractivity contribution in [2.24, 2.45) is 0 Å². The van der Waals surface area contributed by atoms with Gasteiger partial charge in [0.25, 0.3) is 0 Å². The summed E-state index contributed by atoms with van der Waals surface area (Å²) in [6.07, 6.45) is 5.89. The van der Waals surface area contributed by atoms with E-state index >= 15 is 0 Å². The van der Waals surface area contributed by atoms with E-state index in [1.54, 1.807) is 12.4 Å². The van der Waals surface area contributed by atoms with Gasteiger partial charge in [-0.3, -0.25) is 9.78 Å². The van der Waals surface area contributed by atoms with Gasteiger partial charge in [0.2, 0.25) is 0 Å². The van der Waals surface area contributed by atoms with Gasteiger partial charge < -0.3 is 9.73 Å². The standard InChI is InChI=1S/C28H28N2O2/c1-17-14-21(19(3)30-24-10-6-5-9-23(24)28(4)11-12-28)27-22(15-17)25(31)18(2)26(32-27)20-8-7-13-29-16-20/h5-10,13-16,19,30H,11-12H2,1-4H3. The molecule has 1 fully saturated rings. The van der Waals surface area contributed by atoms with Crippen LogP contribution in [-0.4, -0.2) is 4.98 Å². The quantitative estimate of drug-likeness (QED) is 0.387. The van der Waals surface area contributed by atoms with Crippen LogP contribution in [0.3, 0.4) is 0 Å². The Morgan fingerprint density at radius 2 is 1.88 bits per heavy atom. The molecule has 1 atom stereocenters. The maximum Gasteiger partial charge on any atom is 0.196 e. The summed E-state index contributed by atoms with van der Waals surface area (Å²) in [5, 5.41) is 4.34. The summed E-state index contributed by atoms with van der Waals surface area (Å²) in [6, 6.07) is 16.3. The summed E-state index contributed by atoms with van der Waals surface area (Å²) >= 11 is 0. The van der Waals surface area contributed by atoms with Crippen molar-refractivity contribution in [3.63, 3.8) is 0 Å². The van der Waals surface area contributed by atoms with Crippen LogP contribution >= 0.6 is 0 Å².